The van der Waals surface area contributed by atoms with E-state index in [1.807, 2.05) is 4.57 Å². The summed E-state index contributed by atoms with van der Waals surface area (Å²) in [7, 11) is 0. The number of alkyl halides is 3. The minimum Gasteiger partial charge on any atom is -0.491 e. The highest BCUT2D eigenvalue weighted by Gasteiger charge is 2.33. The molecular weight excluding hydrogens is 411 g/mol. The van der Waals surface area contributed by atoms with Crippen LogP contribution in [0.3, 0.4) is 0 Å². The Bertz CT molecular complexity index is 1120. The van der Waals surface area contributed by atoms with Crippen molar-refractivity contribution in [2.24, 2.45) is 0 Å². The summed E-state index contributed by atoms with van der Waals surface area (Å²) >= 11 is 0. The van der Waals surface area contributed by atoms with Crippen LogP contribution < -0.4 is 10.1 Å². The molecule has 0 saturated heterocycles. The van der Waals surface area contributed by atoms with Gasteiger partial charge in [0.2, 0.25) is 0 Å². The molecule has 2 aliphatic heterocycles. The van der Waals surface area contributed by atoms with Gasteiger partial charge in [0.25, 0.3) is 5.91 Å². The molecule has 0 bridgehead atoms. The zero-order valence-electron chi connectivity index (χ0n) is 16.5. The van der Waals surface area contributed by atoms with E-state index in [2.05, 4.69) is 20.5 Å². The molecule has 10 heteroatoms. The molecule has 1 atom stereocenters. The number of imidazole rings is 1. The van der Waals surface area contributed by atoms with Crippen LogP contribution in [0, 0.1) is 0 Å². The van der Waals surface area contributed by atoms with Crippen LogP contribution in [0.5, 0.6) is 5.75 Å². The molecule has 7 nitrogen and oxygen atoms in total. The molecule has 0 radical (unpaired) electrons. The molecule has 0 fully saturated rings. The Balaban J connectivity index is 1.40. The summed E-state index contributed by atoms with van der Waals surface area (Å²) in [5, 5.41) is 9.78. The molecule has 2 aliphatic rings. The number of aryl methyl sites for hydroxylation is 1. The lowest BCUT2D eigenvalue weighted by Gasteiger charge is -2.26. The van der Waals surface area contributed by atoms with Gasteiger partial charge in [-0.1, -0.05) is 0 Å². The summed E-state index contributed by atoms with van der Waals surface area (Å²) in [5.74, 6) is 0.880. The number of nitrogens with zero attached hydrogens (tertiary/aromatic N) is 3. The van der Waals surface area contributed by atoms with Crippen molar-refractivity contribution in [3.63, 3.8) is 0 Å². The van der Waals surface area contributed by atoms with Crippen molar-refractivity contribution in [3.05, 3.63) is 53.1 Å². The van der Waals surface area contributed by atoms with Crippen LogP contribution in [0.1, 0.15) is 40.3 Å². The van der Waals surface area contributed by atoms with Crippen molar-refractivity contribution in [3.8, 4) is 17.1 Å². The maximum atomic E-state index is 13.1. The first-order valence-electron chi connectivity index (χ1n) is 10.1. The van der Waals surface area contributed by atoms with Crippen LogP contribution >= 0.6 is 0 Å². The van der Waals surface area contributed by atoms with E-state index in [-0.39, 0.29) is 24.6 Å². The SMILES string of the molecule is O=C(N[C@H]1COc2ccc(C(F)(F)F)cc2C1)c1nc2n(c1-c1ccn[nH]1)CCCC2. The number of aromatic nitrogens is 4. The number of H-pyrrole nitrogens is 1. The third kappa shape index (κ3) is 3.66. The first kappa shape index (κ1) is 19.7. The molecule has 3 aromatic rings. The summed E-state index contributed by atoms with van der Waals surface area (Å²) in [4.78, 5) is 17.7. The number of fused-ring (bicyclic) bond motifs is 2. The van der Waals surface area contributed by atoms with Gasteiger partial charge in [-0.3, -0.25) is 9.89 Å². The number of hydrogen-bond acceptors (Lipinski definition) is 4. The summed E-state index contributed by atoms with van der Waals surface area (Å²) in [5.41, 5.74) is 1.36. The van der Waals surface area contributed by atoms with Crippen molar-refractivity contribution in [2.45, 2.75) is 44.4 Å². The molecule has 4 heterocycles. The molecule has 2 N–H and O–H groups in total. The molecule has 0 spiro atoms. The fourth-order valence-electron chi connectivity index (χ4n) is 4.22. The van der Waals surface area contributed by atoms with E-state index in [4.69, 9.17) is 4.74 Å². The molecule has 2 aromatic heterocycles. The normalized spacial score (nSPS) is 18.1. The van der Waals surface area contributed by atoms with Gasteiger partial charge in [-0.15, -0.1) is 0 Å². The number of ether oxygens (including phenoxy) is 1. The number of hydrogen-bond donors (Lipinski definition) is 2. The van der Waals surface area contributed by atoms with Gasteiger partial charge in [0, 0.05) is 19.2 Å². The standard InChI is InChI=1S/C21H20F3N5O2/c22-21(23,24)13-4-5-16-12(9-13)10-14(11-31-16)26-20(30)18-19(15-6-7-25-28-15)29-8-2-1-3-17(29)27-18/h4-7,9,14H,1-3,8,10-11H2,(H,25,28)(H,26,30)/t14-/m1/s1. The summed E-state index contributed by atoms with van der Waals surface area (Å²) in [6.45, 7) is 0.946. The van der Waals surface area contributed by atoms with E-state index < -0.39 is 17.8 Å². The molecule has 5 rings (SSSR count). The van der Waals surface area contributed by atoms with Crippen LogP contribution in [0.2, 0.25) is 0 Å². The maximum Gasteiger partial charge on any atom is 0.416 e. The summed E-state index contributed by atoms with van der Waals surface area (Å²) < 4.78 is 46.8. The van der Waals surface area contributed by atoms with Crippen molar-refractivity contribution in [2.75, 3.05) is 6.61 Å². The first-order valence-corrected chi connectivity index (χ1v) is 10.1. The van der Waals surface area contributed by atoms with E-state index in [9.17, 15) is 18.0 Å². The van der Waals surface area contributed by atoms with Gasteiger partial charge in [0.1, 0.15) is 18.2 Å². The minimum absolute atomic E-state index is 0.178. The van der Waals surface area contributed by atoms with Gasteiger partial charge in [-0.05, 0) is 49.1 Å². The second kappa shape index (κ2) is 7.44. The van der Waals surface area contributed by atoms with Crippen LogP contribution in [0.15, 0.2) is 30.5 Å². The topological polar surface area (TPSA) is 84.8 Å². The molecule has 1 aromatic carbocycles. The van der Waals surface area contributed by atoms with Crippen LogP contribution in [0.4, 0.5) is 13.2 Å². The highest BCUT2D eigenvalue weighted by molar-refractivity contribution is 5.98. The number of benzene rings is 1. The molecule has 0 unspecified atom stereocenters. The highest BCUT2D eigenvalue weighted by Crippen LogP contribution is 2.34. The van der Waals surface area contributed by atoms with Gasteiger partial charge in [0.05, 0.1) is 23.0 Å². The zero-order chi connectivity index (χ0) is 21.6. The Kier molecular flexibility index (Phi) is 4.71. The van der Waals surface area contributed by atoms with Crippen LogP contribution in [-0.4, -0.2) is 38.3 Å². The number of carbonyl (C=O) groups is 1. The first-order chi connectivity index (χ1) is 14.9. The van der Waals surface area contributed by atoms with E-state index in [0.29, 0.717) is 22.7 Å². The monoisotopic (exact) mass is 431 g/mol. The zero-order valence-corrected chi connectivity index (χ0v) is 16.5. The molecular formula is C21H20F3N5O2. The van der Waals surface area contributed by atoms with Gasteiger partial charge in [-0.25, -0.2) is 4.98 Å². The second-order valence-corrected chi connectivity index (χ2v) is 7.81. The summed E-state index contributed by atoms with van der Waals surface area (Å²) in [6.07, 6.45) is 0.228. The minimum atomic E-state index is -4.43. The maximum absolute atomic E-state index is 13.1. The summed E-state index contributed by atoms with van der Waals surface area (Å²) in [6, 6.07) is 4.74. The van der Waals surface area contributed by atoms with E-state index in [1.54, 1.807) is 12.3 Å². The van der Waals surface area contributed by atoms with Crippen LogP contribution in [-0.2, 0) is 25.6 Å². The third-order valence-corrected chi connectivity index (χ3v) is 5.68. The second-order valence-electron chi connectivity index (χ2n) is 7.81. The molecule has 1 amide bonds. The Hall–Kier alpha value is -3.30. The Morgan fingerprint density at radius 1 is 1.26 bits per heavy atom. The number of aromatic amines is 1. The Morgan fingerprint density at radius 2 is 2.13 bits per heavy atom. The average molecular weight is 431 g/mol. The van der Waals surface area contributed by atoms with Gasteiger partial charge < -0.3 is 14.6 Å². The largest absolute Gasteiger partial charge is 0.491 e. The number of halogens is 3. The highest BCUT2D eigenvalue weighted by atomic mass is 19.4. The number of amides is 1. The van der Waals surface area contributed by atoms with Crippen molar-refractivity contribution < 1.29 is 22.7 Å². The van der Waals surface area contributed by atoms with Crippen LogP contribution in [0.25, 0.3) is 11.4 Å². The van der Waals surface area contributed by atoms with Crippen molar-refractivity contribution >= 4 is 5.91 Å². The number of carbonyl (C=O) groups excluding carboxylic acids is 1. The predicted octanol–water partition coefficient (Wildman–Crippen LogP) is 3.36. The van der Waals surface area contributed by atoms with Crippen molar-refractivity contribution in [1.82, 2.24) is 25.1 Å². The van der Waals surface area contributed by atoms with Gasteiger partial charge in [0.15, 0.2) is 5.69 Å². The molecule has 0 saturated carbocycles. The number of nitrogens with one attached hydrogen (secondary N) is 2. The number of rotatable bonds is 3. The third-order valence-electron chi connectivity index (χ3n) is 5.68. The van der Waals surface area contributed by atoms with Crippen molar-refractivity contribution in [1.29, 1.82) is 0 Å². The lowest BCUT2D eigenvalue weighted by Crippen LogP contribution is -2.43. The van der Waals surface area contributed by atoms with Gasteiger partial charge >= 0.3 is 6.18 Å². The fraction of sp³-hybridized carbons (Fsp3) is 0.381. The quantitative estimate of drug-likeness (QED) is 0.666. The lowest BCUT2D eigenvalue weighted by atomic mass is 10.00. The lowest BCUT2D eigenvalue weighted by molar-refractivity contribution is -0.137. The Labute approximate surface area is 175 Å². The van der Waals surface area contributed by atoms with E-state index in [1.165, 1.54) is 6.07 Å². The van der Waals surface area contributed by atoms with E-state index >= 15 is 0 Å². The smallest absolute Gasteiger partial charge is 0.416 e. The average Bonchev–Trinajstić information content (AvgIpc) is 3.40. The molecule has 162 valence electrons. The Morgan fingerprint density at radius 3 is 2.90 bits per heavy atom. The van der Waals surface area contributed by atoms with E-state index in [0.717, 1.165) is 43.8 Å². The molecule has 0 aliphatic carbocycles. The molecule has 31 heavy (non-hydrogen) atoms. The fourth-order valence-corrected chi connectivity index (χ4v) is 4.22. The van der Waals surface area contributed by atoms with Gasteiger partial charge in [-0.2, -0.15) is 18.3 Å². The predicted molar refractivity (Wildman–Crippen MR) is 105 cm³/mol.